The third kappa shape index (κ3) is 3.22. The van der Waals surface area contributed by atoms with Crippen molar-refractivity contribution in [2.24, 2.45) is 23.3 Å². The Balaban J connectivity index is 1.74. The molecular formula is C13H23N3O2. The highest BCUT2D eigenvalue weighted by Crippen LogP contribution is 2.27. The highest BCUT2D eigenvalue weighted by Gasteiger charge is 2.31. The van der Waals surface area contributed by atoms with Gasteiger partial charge >= 0.3 is 0 Å². The van der Waals surface area contributed by atoms with Crippen molar-refractivity contribution < 1.29 is 9.59 Å². The first-order chi connectivity index (χ1) is 8.56. The van der Waals surface area contributed by atoms with Gasteiger partial charge in [0, 0.05) is 23.9 Å². The number of carbonyl (C=O) groups excluding carboxylic acids is 2. The smallest absolute Gasteiger partial charge is 0.223 e. The van der Waals surface area contributed by atoms with Gasteiger partial charge in [-0.25, -0.2) is 0 Å². The van der Waals surface area contributed by atoms with Crippen LogP contribution in [-0.4, -0.2) is 23.9 Å². The van der Waals surface area contributed by atoms with E-state index in [0.29, 0.717) is 0 Å². The Kier molecular flexibility index (Phi) is 4.22. The monoisotopic (exact) mass is 253 g/mol. The zero-order valence-corrected chi connectivity index (χ0v) is 10.7. The fourth-order valence-electron chi connectivity index (χ4n) is 3.10. The van der Waals surface area contributed by atoms with Gasteiger partial charge < -0.3 is 16.8 Å². The maximum absolute atomic E-state index is 12.0. The van der Waals surface area contributed by atoms with Gasteiger partial charge in [-0.2, -0.15) is 0 Å². The van der Waals surface area contributed by atoms with Crippen LogP contribution in [0.1, 0.15) is 44.9 Å². The molecular weight excluding hydrogens is 230 g/mol. The van der Waals surface area contributed by atoms with E-state index in [1.807, 2.05) is 0 Å². The second kappa shape index (κ2) is 5.69. The van der Waals surface area contributed by atoms with Crippen LogP contribution in [0.4, 0.5) is 0 Å². The van der Waals surface area contributed by atoms with E-state index >= 15 is 0 Å². The minimum Gasteiger partial charge on any atom is -0.369 e. The molecule has 0 aromatic rings. The Morgan fingerprint density at radius 1 is 0.944 bits per heavy atom. The first-order valence-electron chi connectivity index (χ1n) is 6.91. The molecule has 0 aliphatic heterocycles. The molecule has 0 heterocycles. The molecule has 5 heteroatoms. The van der Waals surface area contributed by atoms with E-state index in [1.54, 1.807) is 0 Å². The van der Waals surface area contributed by atoms with E-state index < -0.39 is 0 Å². The first-order valence-corrected chi connectivity index (χ1v) is 6.91. The molecule has 2 aliphatic rings. The van der Waals surface area contributed by atoms with Crippen LogP contribution in [-0.2, 0) is 9.59 Å². The number of primary amides is 1. The topological polar surface area (TPSA) is 98.2 Å². The van der Waals surface area contributed by atoms with Gasteiger partial charge in [-0.3, -0.25) is 9.59 Å². The van der Waals surface area contributed by atoms with Crippen molar-refractivity contribution in [3.63, 3.8) is 0 Å². The molecule has 2 rings (SSSR count). The molecule has 102 valence electrons. The summed E-state index contributed by atoms with van der Waals surface area (Å²) in [5.74, 6) is 0.0268. The number of hydrogen-bond donors (Lipinski definition) is 3. The van der Waals surface area contributed by atoms with Crippen LogP contribution in [0.5, 0.6) is 0 Å². The van der Waals surface area contributed by atoms with Gasteiger partial charge in [-0.05, 0) is 44.9 Å². The predicted molar refractivity (Wildman–Crippen MR) is 68.4 cm³/mol. The lowest BCUT2D eigenvalue weighted by Gasteiger charge is -2.28. The standard InChI is InChI=1S/C13H23N3O2/c14-10-4-1-9(7-10)13(18)16-11-5-2-8(3-6-11)12(15)17/h8-11H,1-7,14H2,(H2,15,17)(H,16,18). The number of carbonyl (C=O) groups is 2. The molecule has 0 saturated heterocycles. The van der Waals surface area contributed by atoms with Gasteiger partial charge in [-0.1, -0.05) is 0 Å². The summed E-state index contributed by atoms with van der Waals surface area (Å²) in [6, 6.07) is 0.399. The third-order valence-corrected chi connectivity index (χ3v) is 4.32. The predicted octanol–water partition coefficient (Wildman–Crippen LogP) is 0.274. The fraction of sp³-hybridized carbons (Fsp3) is 0.846. The van der Waals surface area contributed by atoms with E-state index in [9.17, 15) is 9.59 Å². The number of hydrogen-bond acceptors (Lipinski definition) is 3. The Hall–Kier alpha value is -1.10. The molecule has 0 bridgehead atoms. The van der Waals surface area contributed by atoms with Crippen molar-refractivity contribution in [2.45, 2.75) is 57.0 Å². The van der Waals surface area contributed by atoms with E-state index in [2.05, 4.69) is 5.32 Å². The summed E-state index contributed by atoms with van der Waals surface area (Å²) in [7, 11) is 0. The molecule has 2 aliphatic carbocycles. The average Bonchev–Trinajstić information content (AvgIpc) is 2.76. The summed E-state index contributed by atoms with van der Waals surface area (Å²) in [5.41, 5.74) is 11.1. The zero-order chi connectivity index (χ0) is 13.1. The fourth-order valence-corrected chi connectivity index (χ4v) is 3.10. The number of rotatable bonds is 3. The van der Waals surface area contributed by atoms with Crippen molar-refractivity contribution in [3.05, 3.63) is 0 Å². The Morgan fingerprint density at radius 2 is 1.56 bits per heavy atom. The minimum absolute atomic E-state index is 0.00180. The summed E-state index contributed by atoms with van der Waals surface area (Å²) < 4.78 is 0. The number of nitrogens with two attached hydrogens (primary N) is 2. The molecule has 2 fully saturated rings. The molecule has 18 heavy (non-hydrogen) atoms. The van der Waals surface area contributed by atoms with Gasteiger partial charge in [0.2, 0.25) is 11.8 Å². The molecule has 5 nitrogen and oxygen atoms in total. The first kappa shape index (κ1) is 13.3. The van der Waals surface area contributed by atoms with E-state index in [4.69, 9.17) is 11.5 Å². The van der Waals surface area contributed by atoms with Gasteiger partial charge in [-0.15, -0.1) is 0 Å². The summed E-state index contributed by atoms with van der Waals surface area (Å²) in [6.45, 7) is 0. The van der Waals surface area contributed by atoms with Crippen molar-refractivity contribution in [2.75, 3.05) is 0 Å². The van der Waals surface area contributed by atoms with E-state index in [1.165, 1.54) is 0 Å². The highest BCUT2D eigenvalue weighted by atomic mass is 16.2. The molecule has 0 aromatic heterocycles. The number of nitrogens with one attached hydrogen (secondary N) is 1. The van der Waals surface area contributed by atoms with E-state index in [0.717, 1.165) is 44.9 Å². The largest absolute Gasteiger partial charge is 0.369 e. The summed E-state index contributed by atoms with van der Waals surface area (Å²) in [4.78, 5) is 23.1. The zero-order valence-electron chi connectivity index (χ0n) is 10.7. The van der Waals surface area contributed by atoms with Crippen molar-refractivity contribution >= 4 is 11.8 Å². The van der Waals surface area contributed by atoms with Crippen LogP contribution >= 0.6 is 0 Å². The number of amides is 2. The summed E-state index contributed by atoms with van der Waals surface area (Å²) in [5, 5.41) is 3.09. The summed E-state index contributed by atoms with van der Waals surface area (Å²) in [6.07, 6.45) is 5.98. The quantitative estimate of drug-likeness (QED) is 0.673. The average molecular weight is 253 g/mol. The van der Waals surface area contributed by atoms with Crippen LogP contribution in [0, 0.1) is 11.8 Å². The molecule has 0 aromatic carbocycles. The van der Waals surface area contributed by atoms with Crippen LogP contribution in [0.25, 0.3) is 0 Å². The molecule has 2 unspecified atom stereocenters. The Labute approximate surface area is 108 Å². The Bertz CT molecular complexity index is 324. The van der Waals surface area contributed by atoms with E-state index in [-0.39, 0.29) is 35.7 Å². The normalized spacial score (nSPS) is 36.3. The maximum atomic E-state index is 12.0. The second-order valence-corrected chi connectivity index (χ2v) is 5.73. The maximum Gasteiger partial charge on any atom is 0.223 e. The van der Waals surface area contributed by atoms with Crippen LogP contribution < -0.4 is 16.8 Å². The lowest BCUT2D eigenvalue weighted by molar-refractivity contribution is -0.126. The van der Waals surface area contributed by atoms with Crippen molar-refractivity contribution in [1.29, 1.82) is 0 Å². The van der Waals surface area contributed by atoms with Crippen molar-refractivity contribution in [1.82, 2.24) is 5.32 Å². The molecule has 2 amide bonds. The molecule has 2 atom stereocenters. The summed E-state index contributed by atoms with van der Waals surface area (Å²) >= 11 is 0. The van der Waals surface area contributed by atoms with Crippen LogP contribution in [0.3, 0.4) is 0 Å². The third-order valence-electron chi connectivity index (χ3n) is 4.32. The minimum atomic E-state index is -0.207. The van der Waals surface area contributed by atoms with Gasteiger partial charge in [0.15, 0.2) is 0 Å². The van der Waals surface area contributed by atoms with Gasteiger partial charge in [0.1, 0.15) is 0 Å². The molecule has 2 saturated carbocycles. The SMILES string of the molecule is NC(=O)C1CCC(NC(=O)C2CCC(N)C2)CC1. The molecule has 0 spiro atoms. The van der Waals surface area contributed by atoms with Crippen molar-refractivity contribution in [3.8, 4) is 0 Å². The second-order valence-electron chi connectivity index (χ2n) is 5.73. The molecule has 0 radical (unpaired) electrons. The van der Waals surface area contributed by atoms with Gasteiger partial charge in [0.05, 0.1) is 0 Å². The van der Waals surface area contributed by atoms with Gasteiger partial charge in [0.25, 0.3) is 0 Å². The van der Waals surface area contributed by atoms with Crippen LogP contribution in [0.2, 0.25) is 0 Å². The highest BCUT2D eigenvalue weighted by molar-refractivity contribution is 5.79. The Morgan fingerprint density at radius 3 is 2.06 bits per heavy atom. The molecule has 5 N–H and O–H groups in total. The lowest BCUT2D eigenvalue weighted by atomic mass is 9.85. The lowest BCUT2D eigenvalue weighted by Crippen LogP contribution is -2.42. The van der Waals surface area contributed by atoms with Crippen LogP contribution in [0.15, 0.2) is 0 Å².